The second-order valence-corrected chi connectivity index (χ2v) is 6.06. The van der Waals surface area contributed by atoms with E-state index in [4.69, 9.17) is 11.5 Å². The highest BCUT2D eigenvalue weighted by Crippen LogP contribution is 2.17. The van der Waals surface area contributed by atoms with E-state index in [0.717, 1.165) is 25.0 Å². The Kier molecular flexibility index (Phi) is 6.10. The molecular formula is C16H21N5OS. The number of aromatic nitrogens is 1. The van der Waals surface area contributed by atoms with E-state index in [9.17, 15) is 4.79 Å². The Morgan fingerprint density at radius 2 is 2.00 bits per heavy atom. The van der Waals surface area contributed by atoms with Crippen LogP contribution >= 0.6 is 11.3 Å². The standard InChI is InChI=1S/C16H21N5OS/c1-11(22)20-16-21-14(10-23-16)6-5-12-3-2-4-13(9-12)7-8-19-15(17)18/h2-4,9-10H,5-8H2,1H3,(H4,17,18,19)(H,20,21,22). The summed E-state index contributed by atoms with van der Waals surface area (Å²) in [6, 6.07) is 8.39. The maximum Gasteiger partial charge on any atom is 0.223 e. The molecule has 0 atom stereocenters. The van der Waals surface area contributed by atoms with Gasteiger partial charge in [0, 0.05) is 18.8 Å². The van der Waals surface area contributed by atoms with Crippen molar-refractivity contribution in [2.24, 2.45) is 16.5 Å². The zero-order chi connectivity index (χ0) is 16.7. The molecule has 23 heavy (non-hydrogen) atoms. The first-order valence-corrected chi connectivity index (χ1v) is 8.26. The second-order valence-electron chi connectivity index (χ2n) is 5.20. The molecule has 0 aliphatic heterocycles. The van der Waals surface area contributed by atoms with Crippen molar-refractivity contribution < 1.29 is 4.79 Å². The number of nitrogens with two attached hydrogens (primary N) is 2. The number of aryl methyl sites for hydroxylation is 2. The zero-order valence-corrected chi connectivity index (χ0v) is 13.9. The zero-order valence-electron chi connectivity index (χ0n) is 13.1. The van der Waals surface area contributed by atoms with Gasteiger partial charge in [-0.05, 0) is 30.4 Å². The first-order chi connectivity index (χ1) is 11.0. The third-order valence-electron chi connectivity index (χ3n) is 3.19. The molecule has 5 N–H and O–H groups in total. The van der Waals surface area contributed by atoms with E-state index < -0.39 is 0 Å². The Morgan fingerprint density at radius 1 is 1.26 bits per heavy atom. The lowest BCUT2D eigenvalue weighted by Gasteiger charge is -2.04. The van der Waals surface area contributed by atoms with E-state index >= 15 is 0 Å². The largest absolute Gasteiger partial charge is 0.370 e. The minimum absolute atomic E-state index is 0.0978. The average Bonchev–Trinajstić information content (AvgIpc) is 2.92. The fourth-order valence-corrected chi connectivity index (χ4v) is 2.95. The number of anilines is 1. The van der Waals surface area contributed by atoms with Crippen LogP contribution in [0.3, 0.4) is 0 Å². The van der Waals surface area contributed by atoms with Gasteiger partial charge >= 0.3 is 0 Å². The molecule has 0 radical (unpaired) electrons. The summed E-state index contributed by atoms with van der Waals surface area (Å²) >= 11 is 1.45. The topological polar surface area (TPSA) is 106 Å². The van der Waals surface area contributed by atoms with Crippen molar-refractivity contribution >= 4 is 28.3 Å². The molecule has 0 bridgehead atoms. The quantitative estimate of drug-likeness (QED) is 0.530. The molecule has 0 aliphatic carbocycles. The molecule has 0 saturated carbocycles. The summed E-state index contributed by atoms with van der Waals surface area (Å²) < 4.78 is 0. The van der Waals surface area contributed by atoms with Gasteiger partial charge in [0.25, 0.3) is 0 Å². The number of nitrogens with zero attached hydrogens (tertiary/aromatic N) is 2. The SMILES string of the molecule is CC(=O)Nc1nc(CCc2cccc(CCN=C(N)N)c2)cs1. The molecule has 2 aromatic rings. The molecule has 1 heterocycles. The Morgan fingerprint density at radius 3 is 2.70 bits per heavy atom. The van der Waals surface area contributed by atoms with Crippen LogP contribution < -0.4 is 16.8 Å². The van der Waals surface area contributed by atoms with Crippen molar-refractivity contribution in [2.75, 3.05) is 11.9 Å². The fourth-order valence-electron chi connectivity index (χ4n) is 2.16. The fraction of sp³-hybridized carbons (Fsp3) is 0.312. The summed E-state index contributed by atoms with van der Waals surface area (Å²) in [7, 11) is 0. The Hall–Kier alpha value is -2.41. The second kappa shape index (κ2) is 8.28. The van der Waals surface area contributed by atoms with Crippen LogP contribution in [0, 0.1) is 0 Å². The molecule has 1 aromatic carbocycles. The van der Waals surface area contributed by atoms with Crippen LogP contribution in [0.25, 0.3) is 0 Å². The van der Waals surface area contributed by atoms with Gasteiger partial charge in [-0.3, -0.25) is 9.79 Å². The monoisotopic (exact) mass is 331 g/mol. The maximum atomic E-state index is 11.0. The van der Waals surface area contributed by atoms with E-state index in [0.29, 0.717) is 11.7 Å². The van der Waals surface area contributed by atoms with Gasteiger partial charge < -0.3 is 16.8 Å². The molecule has 6 nitrogen and oxygen atoms in total. The minimum atomic E-state index is -0.0978. The summed E-state index contributed by atoms with van der Waals surface area (Å²) in [6.07, 6.45) is 2.56. The predicted molar refractivity (Wildman–Crippen MR) is 94.6 cm³/mol. The number of hydrogen-bond donors (Lipinski definition) is 3. The highest BCUT2D eigenvalue weighted by Gasteiger charge is 2.04. The van der Waals surface area contributed by atoms with E-state index in [1.807, 2.05) is 11.4 Å². The molecule has 1 amide bonds. The van der Waals surface area contributed by atoms with Crippen LogP contribution in [-0.4, -0.2) is 23.4 Å². The summed E-state index contributed by atoms with van der Waals surface area (Å²) in [5, 5.41) is 5.33. The lowest BCUT2D eigenvalue weighted by Crippen LogP contribution is -2.23. The van der Waals surface area contributed by atoms with E-state index in [-0.39, 0.29) is 11.9 Å². The third kappa shape index (κ3) is 6.07. The summed E-state index contributed by atoms with van der Waals surface area (Å²) in [5.41, 5.74) is 14.1. The van der Waals surface area contributed by atoms with Gasteiger partial charge in [-0.2, -0.15) is 0 Å². The molecule has 0 saturated heterocycles. The van der Waals surface area contributed by atoms with Crippen molar-refractivity contribution in [3.05, 3.63) is 46.5 Å². The molecule has 0 unspecified atom stereocenters. The number of hydrogen-bond acceptors (Lipinski definition) is 4. The number of carbonyl (C=O) groups is 1. The predicted octanol–water partition coefficient (Wildman–Crippen LogP) is 1.70. The van der Waals surface area contributed by atoms with Crippen molar-refractivity contribution in [2.45, 2.75) is 26.2 Å². The summed E-state index contributed by atoms with van der Waals surface area (Å²) in [5.74, 6) is 0.0269. The Labute approximate surface area is 139 Å². The van der Waals surface area contributed by atoms with Crippen LogP contribution in [0.15, 0.2) is 34.6 Å². The lowest BCUT2D eigenvalue weighted by molar-refractivity contribution is -0.114. The smallest absolute Gasteiger partial charge is 0.223 e. The minimum Gasteiger partial charge on any atom is -0.370 e. The van der Waals surface area contributed by atoms with Crippen LogP contribution in [0.1, 0.15) is 23.7 Å². The van der Waals surface area contributed by atoms with Crippen LogP contribution in [-0.2, 0) is 24.1 Å². The Balaban J connectivity index is 1.89. The highest BCUT2D eigenvalue weighted by atomic mass is 32.1. The van der Waals surface area contributed by atoms with Gasteiger partial charge in [0.15, 0.2) is 11.1 Å². The molecule has 0 spiro atoms. The van der Waals surface area contributed by atoms with Gasteiger partial charge in [-0.25, -0.2) is 4.98 Å². The van der Waals surface area contributed by atoms with E-state index in [1.54, 1.807) is 0 Å². The van der Waals surface area contributed by atoms with Gasteiger partial charge in [-0.15, -0.1) is 11.3 Å². The van der Waals surface area contributed by atoms with Crippen molar-refractivity contribution in [3.8, 4) is 0 Å². The van der Waals surface area contributed by atoms with Gasteiger partial charge in [-0.1, -0.05) is 24.3 Å². The number of benzene rings is 1. The number of aliphatic imine (C=N–C) groups is 1. The molecule has 0 fully saturated rings. The third-order valence-corrected chi connectivity index (χ3v) is 4.00. The van der Waals surface area contributed by atoms with Crippen molar-refractivity contribution in [1.82, 2.24) is 4.98 Å². The highest BCUT2D eigenvalue weighted by molar-refractivity contribution is 7.13. The number of carbonyl (C=O) groups excluding carboxylic acids is 1. The Bertz CT molecular complexity index is 691. The lowest BCUT2D eigenvalue weighted by atomic mass is 10.0. The average molecular weight is 331 g/mol. The van der Waals surface area contributed by atoms with Crippen LogP contribution in [0.2, 0.25) is 0 Å². The van der Waals surface area contributed by atoms with E-state index in [2.05, 4.69) is 33.5 Å². The molecule has 2 rings (SSSR count). The molecule has 7 heteroatoms. The van der Waals surface area contributed by atoms with Crippen molar-refractivity contribution in [3.63, 3.8) is 0 Å². The number of thiazole rings is 1. The molecule has 0 aliphatic rings. The van der Waals surface area contributed by atoms with Crippen LogP contribution in [0.4, 0.5) is 5.13 Å². The molecule has 1 aromatic heterocycles. The van der Waals surface area contributed by atoms with E-state index in [1.165, 1.54) is 29.4 Å². The molecular weight excluding hydrogens is 310 g/mol. The molecule has 122 valence electrons. The number of rotatable bonds is 7. The summed E-state index contributed by atoms with van der Waals surface area (Å²) in [6.45, 7) is 2.08. The number of amides is 1. The maximum absolute atomic E-state index is 11.0. The van der Waals surface area contributed by atoms with Crippen LogP contribution in [0.5, 0.6) is 0 Å². The number of nitrogens with one attached hydrogen (secondary N) is 1. The van der Waals surface area contributed by atoms with Gasteiger partial charge in [0.1, 0.15) is 0 Å². The summed E-state index contributed by atoms with van der Waals surface area (Å²) in [4.78, 5) is 19.4. The van der Waals surface area contributed by atoms with Gasteiger partial charge in [0.05, 0.1) is 5.69 Å². The van der Waals surface area contributed by atoms with Crippen molar-refractivity contribution in [1.29, 1.82) is 0 Å². The number of guanidine groups is 1. The first kappa shape index (κ1) is 17.0. The van der Waals surface area contributed by atoms with Gasteiger partial charge in [0.2, 0.25) is 5.91 Å². The first-order valence-electron chi connectivity index (χ1n) is 7.38. The normalized spacial score (nSPS) is 10.3.